The summed E-state index contributed by atoms with van der Waals surface area (Å²) < 4.78 is 1.96. The first-order valence-electron chi connectivity index (χ1n) is 6.09. The smallest absolute Gasteiger partial charge is 0.152 e. The number of aryl methyl sites for hydroxylation is 1. The quantitative estimate of drug-likeness (QED) is 0.672. The van der Waals surface area contributed by atoms with Crippen molar-refractivity contribution in [3.05, 3.63) is 59.7 Å². The Morgan fingerprint density at radius 1 is 1.26 bits per heavy atom. The van der Waals surface area contributed by atoms with Crippen LogP contribution in [0.5, 0.6) is 0 Å². The Balaban J connectivity index is 2.08. The molecule has 0 amide bonds. The predicted molar refractivity (Wildman–Crippen MR) is 73.2 cm³/mol. The van der Waals surface area contributed by atoms with Crippen molar-refractivity contribution in [2.75, 3.05) is 0 Å². The lowest BCUT2D eigenvalue weighted by molar-refractivity contribution is 0.112. The van der Waals surface area contributed by atoms with Gasteiger partial charge in [-0.05, 0) is 31.2 Å². The number of nitrogens with zero attached hydrogens (tertiary/aromatic N) is 3. The van der Waals surface area contributed by atoms with Crippen molar-refractivity contribution in [1.29, 1.82) is 0 Å². The van der Waals surface area contributed by atoms with E-state index in [2.05, 4.69) is 9.97 Å². The molecule has 0 aliphatic carbocycles. The van der Waals surface area contributed by atoms with Crippen LogP contribution in [0, 0.1) is 6.92 Å². The standard InChI is InChI=1S/C15H13N3O/c1-11-4-2-5-13(17-11)9-18-8-12(10-19)14-6-3-7-16-15(14)18/h2-8,10H,9H2,1H3. The van der Waals surface area contributed by atoms with Gasteiger partial charge < -0.3 is 4.57 Å². The van der Waals surface area contributed by atoms with Gasteiger partial charge in [-0.3, -0.25) is 9.78 Å². The summed E-state index contributed by atoms with van der Waals surface area (Å²) in [4.78, 5) is 19.9. The van der Waals surface area contributed by atoms with Crippen LogP contribution in [0.3, 0.4) is 0 Å². The van der Waals surface area contributed by atoms with Gasteiger partial charge in [-0.15, -0.1) is 0 Å². The van der Waals surface area contributed by atoms with Crippen LogP contribution < -0.4 is 0 Å². The number of aldehydes is 1. The number of hydrogen-bond donors (Lipinski definition) is 0. The molecule has 0 saturated carbocycles. The molecule has 0 aliphatic rings. The Bertz CT molecular complexity index is 746. The first-order chi connectivity index (χ1) is 9.28. The molecule has 94 valence electrons. The van der Waals surface area contributed by atoms with Crippen molar-refractivity contribution >= 4 is 17.3 Å². The van der Waals surface area contributed by atoms with Crippen LogP contribution >= 0.6 is 0 Å². The highest BCUT2D eigenvalue weighted by Gasteiger charge is 2.09. The number of fused-ring (bicyclic) bond motifs is 1. The fourth-order valence-electron chi connectivity index (χ4n) is 2.23. The summed E-state index contributed by atoms with van der Waals surface area (Å²) in [5.41, 5.74) is 3.42. The molecule has 19 heavy (non-hydrogen) atoms. The van der Waals surface area contributed by atoms with Crippen molar-refractivity contribution in [2.45, 2.75) is 13.5 Å². The highest BCUT2D eigenvalue weighted by atomic mass is 16.1. The van der Waals surface area contributed by atoms with Crippen LogP contribution in [0.2, 0.25) is 0 Å². The first kappa shape index (κ1) is 11.6. The number of hydrogen-bond acceptors (Lipinski definition) is 3. The molecule has 0 fully saturated rings. The van der Waals surface area contributed by atoms with E-state index in [-0.39, 0.29) is 0 Å². The normalized spacial score (nSPS) is 10.8. The van der Waals surface area contributed by atoms with Crippen LogP contribution in [-0.4, -0.2) is 20.8 Å². The summed E-state index contributed by atoms with van der Waals surface area (Å²) in [5.74, 6) is 0. The molecule has 4 heteroatoms. The van der Waals surface area contributed by atoms with Crippen LogP contribution in [0.25, 0.3) is 11.0 Å². The fraction of sp³-hybridized carbons (Fsp3) is 0.133. The van der Waals surface area contributed by atoms with Gasteiger partial charge >= 0.3 is 0 Å². The first-order valence-corrected chi connectivity index (χ1v) is 6.09. The van der Waals surface area contributed by atoms with Crippen LogP contribution in [0.1, 0.15) is 21.7 Å². The van der Waals surface area contributed by atoms with Gasteiger partial charge in [-0.1, -0.05) is 6.07 Å². The maximum Gasteiger partial charge on any atom is 0.152 e. The zero-order valence-corrected chi connectivity index (χ0v) is 10.6. The average Bonchev–Trinajstić information content (AvgIpc) is 2.77. The maximum absolute atomic E-state index is 11.1. The average molecular weight is 251 g/mol. The molecule has 0 radical (unpaired) electrons. The Morgan fingerprint density at radius 2 is 2.16 bits per heavy atom. The van der Waals surface area contributed by atoms with Crippen molar-refractivity contribution in [1.82, 2.24) is 14.5 Å². The van der Waals surface area contributed by atoms with Crippen molar-refractivity contribution in [3.8, 4) is 0 Å². The lowest BCUT2D eigenvalue weighted by Gasteiger charge is -2.04. The van der Waals surface area contributed by atoms with E-state index in [1.54, 1.807) is 6.20 Å². The summed E-state index contributed by atoms with van der Waals surface area (Å²) in [7, 11) is 0. The topological polar surface area (TPSA) is 47.8 Å². The molecule has 3 heterocycles. The minimum absolute atomic E-state index is 0.614. The van der Waals surface area contributed by atoms with Crippen LogP contribution in [0.15, 0.2) is 42.7 Å². The molecular formula is C15H13N3O. The highest BCUT2D eigenvalue weighted by Crippen LogP contribution is 2.18. The second-order valence-corrected chi connectivity index (χ2v) is 4.48. The molecule has 4 nitrogen and oxygen atoms in total. The third-order valence-corrected chi connectivity index (χ3v) is 3.07. The molecule has 0 bridgehead atoms. The van der Waals surface area contributed by atoms with Crippen LogP contribution in [0.4, 0.5) is 0 Å². The minimum atomic E-state index is 0.614. The second-order valence-electron chi connectivity index (χ2n) is 4.48. The number of carbonyl (C=O) groups excluding carboxylic acids is 1. The second kappa shape index (κ2) is 4.65. The van der Waals surface area contributed by atoms with Gasteiger partial charge in [-0.2, -0.15) is 0 Å². The van der Waals surface area contributed by atoms with Crippen molar-refractivity contribution in [2.24, 2.45) is 0 Å². The molecule has 0 atom stereocenters. The molecule has 3 aromatic rings. The summed E-state index contributed by atoms with van der Waals surface area (Å²) in [6.45, 7) is 2.58. The SMILES string of the molecule is Cc1cccc(Cn2cc(C=O)c3cccnc32)n1. The van der Waals surface area contributed by atoms with E-state index in [4.69, 9.17) is 0 Å². The third kappa shape index (κ3) is 2.12. The van der Waals surface area contributed by atoms with E-state index in [0.29, 0.717) is 12.1 Å². The molecule has 0 spiro atoms. The molecule has 3 rings (SSSR count). The van der Waals surface area contributed by atoms with Crippen LogP contribution in [-0.2, 0) is 6.54 Å². The van der Waals surface area contributed by atoms with E-state index >= 15 is 0 Å². The van der Waals surface area contributed by atoms with Gasteiger partial charge in [0.1, 0.15) is 5.65 Å². The Labute approximate surface area is 110 Å². The Kier molecular flexibility index (Phi) is 2.83. The Morgan fingerprint density at radius 3 is 2.95 bits per heavy atom. The van der Waals surface area contributed by atoms with E-state index in [9.17, 15) is 4.79 Å². The summed E-state index contributed by atoms with van der Waals surface area (Å²) in [5, 5.41) is 0.880. The number of pyridine rings is 2. The van der Waals surface area contributed by atoms with E-state index in [1.165, 1.54) is 0 Å². The molecule has 0 saturated heterocycles. The highest BCUT2D eigenvalue weighted by molar-refractivity contribution is 5.95. The zero-order valence-electron chi connectivity index (χ0n) is 10.6. The van der Waals surface area contributed by atoms with Crippen molar-refractivity contribution < 1.29 is 4.79 Å². The molecule has 0 aliphatic heterocycles. The maximum atomic E-state index is 11.1. The molecule has 0 aromatic carbocycles. The van der Waals surface area contributed by atoms with Crippen molar-refractivity contribution in [3.63, 3.8) is 0 Å². The van der Waals surface area contributed by atoms with Gasteiger partial charge in [0.05, 0.1) is 12.2 Å². The predicted octanol–water partition coefficient (Wildman–Crippen LogP) is 2.60. The number of carbonyl (C=O) groups is 1. The summed E-state index contributed by atoms with van der Waals surface area (Å²) in [6, 6.07) is 9.67. The lowest BCUT2D eigenvalue weighted by Crippen LogP contribution is -2.01. The largest absolute Gasteiger partial charge is 0.326 e. The fourth-order valence-corrected chi connectivity index (χ4v) is 2.23. The van der Waals surface area contributed by atoms with E-state index < -0.39 is 0 Å². The lowest BCUT2D eigenvalue weighted by atomic mass is 10.2. The molecular weight excluding hydrogens is 238 g/mol. The molecule has 0 N–H and O–H groups in total. The van der Waals surface area contributed by atoms with Gasteiger partial charge in [0, 0.05) is 29.0 Å². The Hall–Kier alpha value is -2.49. The van der Waals surface area contributed by atoms with E-state index in [0.717, 1.165) is 28.7 Å². The summed E-state index contributed by atoms with van der Waals surface area (Å²) >= 11 is 0. The third-order valence-electron chi connectivity index (χ3n) is 3.07. The number of aromatic nitrogens is 3. The molecule has 0 unspecified atom stereocenters. The van der Waals surface area contributed by atoms with E-state index in [1.807, 2.05) is 48.0 Å². The van der Waals surface area contributed by atoms with Gasteiger partial charge in [-0.25, -0.2) is 4.98 Å². The summed E-state index contributed by atoms with van der Waals surface area (Å²) in [6.07, 6.45) is 4.43. The monoisotopic (exact) mass is 251 g/mol. The molecule has 3 aromatic heterocycles. The zero-order chi connectivity index (χ0) is 13.2. The minimum Gasteiger partial charge on any atom is -0.326 e. The number of rotatable bonds is 3. The van der Waals surface area contributed by atoms with Gasteiger partial charge in [0.2, 0.25) is 0 Å². The van der Waals surface area contributed by atoms with Gasteiger partial charge in [0.15, 0.2) is 6.29 Å². The van der Waals surface area contributed by atoms with Gasteiger partial charge in [0.25, 0.3) is 0 Å².